The molecule has 0 bridgehead atoms. The van der Waals surface area contributed by atoms with Gasteiger partial charge in [0.2, 0.25) is 5.91 Å². The monoisotopic (exact) mass is 385 g/mol. The van der Waals surface area contributed by atoms with Crippen molar-refractivity contribution in [2.75, 3.05) is 18.5 Å². The first-order valence-electron chi connectivity index (χ1n) is 8.12. The maximum Gasteiger partial charge on any atom is 0.416 e. The van der Waals surface area contributed by atoms with Crippen molar-refractivity contribution in [2.24, 2.45) is 11.7 Å². The molecule has 0 radical (unpaired) electrons. The minimum Gasteiger partial charge on any atom is -0.381 e. The lowest BCUT2D eigenvalue weighted by Gasteiger charge is -2.26. The summed E-state index contributed by atoms with van der Waals surface area (Å²) in [6.45, 7) is 1.17. The molecule has 2 aromatic rings. The third-order valence-electron chi connectivity index (χ3n) is 4.30. The Morgan fingerprint density at radius 2 is 2.08 bits per heavy atom. The Morgan fingerprint density at radius 1 is 1.35 bits per heavy atom. The summed E-state index contributed by atoms with van der Waals surface area (Å²) in [4.78, 5) is 16.5. The molecule has 1 aliphatic rings. The summed E-state index contributed by atoms with van der Waals surface area (Å²) < 4.78 is 43.7. The number of nitrogens with one attached hydrogen (secondary N) is 1. The molecule has 1 aromatic heterocycles. The molecule has 3 N–H and O–H groups in total. The van der Waals surface area contributed by atoms with Gasteiger partial charge in [0.15, 0.2) is 5.13 Å². The molecule has 1 aliphatic heterocycles. The average molecular weight is 385 g/mol. The highest BCUT2D eigenvalue weighted by Gasteiger charge is 2.31. The van der Waals surface area contributed by atoms with Crippen LogP contribution in [-0.4, -0.2) is 30.1 Å². The molecule has 5 nitrogen and oxygen atoms in total. The molecule has 1 unspecified atom stereocenters. The van der Waals surface area contributed by atoms with Crippen LogP contribution in [0.4, 0.5) is 18.3 Å². The number of halogens is 3. The van der Waals surface area contributed by atoms with Crippen LogP contribution in [0.3, 0.4) is 0 Å². The highest BCUT2D eigenvalue weighted by molar-refractivity contribution is 7.14. The van der Waals surface area contributed by atoms with Crippen LogP contribution in [0.25, 0.3) is 11.3 Å². The normalized spacial score (nSPS) is 17.1. The number of nitrogens with zero attached hydrogens (tertiary/aromatic N) is 1. The molecule has 0 aliphatic carbocycles. The predicted octanol–water partition coefficient (Wildman–Crippen LogP) is 3.52. The van der Waals surface area contributed by atoms with Crippen LogP contribution in [0.15, 0.2) is 29.6 Å². The number of ether oxygens (including phenoxy) is 1. The van der Waals surface area contributed by atoms with Crippen molar-refractivity contribution in [1.82, 2.24) is 4.98 Å². The lowest BCUT2D eigenvalue weighted by molar-refractivity contribution is -0.137. The molecule has 1 fully saturated rings. The Hall–Kier alpha value is -1.97. The zero-order valence-electron chi connectivity index (χ0n) is 13.8. The van der Waals surface area contributed by atoms with Crippen molar-refractivity contribution >= 4 is 22.4 Å². The Balaban J connectivity index is 1.69. The number of aromatic nitrogens is 1. The number of hydrogen-bond donors (Lipinski definition) is 2. The van der Waals surface area contributed by atoms with Crippen LogP contribution < -0.4 is 11.1 Å². The highest BCUT2D eigenvalue weighted by atomic mass is 32.1. The molecule has 9 heteroatoms. The smallest absolute Gasteiger partial charge is 0.381 e. The fourth-order valence-corrected chi connectivity index (χ4v) is 3.52. The topological polar surface area (TPSA) is 77.2 Å². The maximum atomic E-state index is 12.8. The fourth-order valence-electron chi connectivity index (χ4n) is 2.80. The standard InChI is InChI=1S/C17H18F3N3O2S/c18-17(19,20)12-3-1-2-11(8-12)13-9-26-16(22-13)23-15(24)14(21)10-4-6-25-7-5-10/h1-3,8-10,14H,4-7,21H2,(H,22,23,24). The van der Waals surface area contributed by atoms with Crippen molar-refractivity contribution in [3.63, 3.8) is 0 Å². The van der Waals surface area contributed by atoms with Gasteiger partial charge in [0.05, 0.1) is 17.3 Å². The van der Waals surface area contributed by atoms with Gasteiger partial charge in [0.1, 0.15) is 0 Å². The van der Waals surface area contributed by atoms with Crippen LogP contribution >= 0.6 is 11.3 Å². The first kappa shape index (κ1) is 18.8. The van der Waals surface area contributed by atoms with Gasteiger partial charge >= 0.3 is 6.18 Å². The number of anilines is 1. The van der Waals surface area contributed by atoms with Gasteiger partial charge in [-0.2, -0.15) is 13.2 Å². The van der Waals surface area contributed by atoms with E-state index in [-0.39, 0.29) is 11.8 Å². The van der Waals surface area contributed by atoms with Gasteiger partial charge in [0.25, 0.3) is 0 Å². The summed E-state index contributed by atoms with van der Waals surface area (Å²) in [5, 5.41) is 4.57. The van der Waals surface area contributed by atoms with E-state index in [1.54, 1.807) is 11.4 Å². The third-order valence-corrected chi connectivity index (χ3v) is 5.05. The second-order valence-electron chi connectivity index (χ2n) is 6.08. The summed E-state index contributed by atoms with van der Waals surface area (Å²) in [6.07, 6.45) is -2.97. The number of nitrogens with two attached hydrogens (primary N) is 1. The second kappa shape index (κ2) is 7.73. The number of amides is 1. The SMILES string of the molecule is NC(C(=O)Nc1nc(-c2cccc(C(F)(F)F)c2)cs1)C1CCOCC1. The third kappa shape index (κ3) is 4.40. The number of thiazole rings is 1. The Morgan fingerprint density at radius 3 is 2.77 bits per heavy atom. The minimum absolute atomic E-state index is 0.0478. The molecule has 140 valence electrons. The van der Waals surface area contributed by atoms with Gasteiger partial charge in [-0.05, 0) is 30.9 Å². The van der Waals surface area contributed by atoms with Crippen molar-refractivity contribution in [3.05, 3.63) is 35.2 Å². The van der Waals surface area contributed by atoms with E-state index in [1.807, 2.05) is 0 Å². The fraction of sp³-hybridized carbons (Fsp3) is 0.412. The van der Waals surface area contributed by atoms with E-state index < -0.39 is 17.8 Å². The lowest BCUT2D eigenvalue weighted by Crippen LogP contribution is -2.43. The van der Waals surface area contributed by atoms with Crippen LogP contribution in [-0.2, 0) is 15.7 Å². The number of alkyl halides is 3. The van der Waals surface area contributed by atoms with Crippen molar-refractivity contribution in [3.8, 4) is 11.3 Å². The van der Waals surface area contributed by atoms with E-state index in [4.69, 9.17) is 10.5 Å². The van der Waals surface area contributed by atoms with Gasteiger partial charge in [-0.15, -0.1) is 11.3 Å². The van der Waals surface area contributed by atoms with E-state index in [2.05, 4.69) is 10.3 Å². The lowest BCUT2D eigenvalue weighted by atomic mass is 9.92. The van der Waals surface area contributed by atoms with Crippen LogP contribution in [0.5, 0.6) is 0 Å². The van der Waals surface area contributed by atoms with E-state index in [1.165, 1.54) is 6.07 Å². The van der Waals surface area contributed by atoms with Gasteiger partial charge in [-0.25, -0.2) is 4.98 Å². The van der Waals surface area contributed by atoms with Crippen molar-refractivity contribution in [2.45, 2.75) is 25.1 Å². The zero-order chi connectivity index (χ0) is 18.7. The molecule has 0 saturated carbocycles. The molecule has 2 heterocycles. The van der Waals surface area contributed by atoms with Crippen LogP contribution in [0, 0.1) is 5.92 Å². The molecule has 26 heavy (non-hydrogen) atoms. The largest absolute Gasteiger partial charge is 0.416 e. The van der Waals surface area contributed by atoms with Gasteiger partial charge < -0.3 is 15.8 Å². The van der Waals surface area contributed by atoms with E-state index in [0.717, 1.165) is 36.3 Å². The molecular weight excluding hydrogens is 367 g/mol. The zero-order valence-corrected chi connectivity index (χ0v) is 14.6. The van der Waals surface area contributed by atoms with Crippen molar-refractivity contribution < 1.29 is 22.7 Å². The first-order chi connectivity index (χ1) is 12.3. The number of benzene rings is 1. The number of carbonyl (C=O) groups excluding carboxylic acids is 1. The molecule has 3 rings (SSSR count). The summed E-state index contributed by atoms with van der Waals surface area (Å²) in [6, 6.07) is 4.25. The average Bonchev–Trinajstić information content (AvgIpc) is 3.09. The molecule has 1 amide bonds. The van der Waals surface area contributed by atoms with Gasteiger partial charge in [-0.1, -0.05) is 12.1 Å². The quantitative estimate of drug-likeness (QED) is 0.844. The van der Waals surface area contributed by atoms with E-state index >= 15 is 0 Å². The first-order valence-corrected chi connectivity index (χ1v) is 9.00. The predicted molar refractivity (Wildman–Crippen MR) is 92.7 cm³/mol. The second-order valence-corrected chi connectivity index (χ2v) is 6.94. The van der Waals surface area contributed by atoms with Crippen LogP contribution in [0.2, 0.25) is 0 Å². The molecule has 0 spiro atoms. The maximum absolute atomic E-state index is 12.8. The van der Waals surface area contributed by atoms with Gasteiger partial charge in [0, 0.05) is 24.2 Å². The summed E-state index contributed by atoms with van der Waals surface area (Å²) >= 11 is 1.15. The summed E-state index contributed by atoms with van der Waals surface area (Å²) in [5.41, 5.74) is 5.98. The Kier molecular flexibility index (Phi) is 5.59. The Labute approximate surface area is 152 Å². The van der Waals surface area contributed by atoms with Crippen molar-refractivity contribution in [1.29, 1.82) is 0 Å². The number of carbonyl (C=O) groups is 1. The van der Waals surface area contributed by atoms with E-state index in [0.29, 0.717) is 29.6 Å². The Bertz CT molecular complexity index is 773. The van der Waals surface area contributed by atoms with Crippen LogP contribution in [0.1, 0.15) is 18.4 Å². The molecule has 1 saturated heterocycles. The summed E-state index contributed by atoms with van der Waals surface area (Å²) in [5.74, 6) is -0.298. The number of rotatable bonds is 4. The van der Waals surface area contributed by atoms with E-state index in [9.17, 15) is 18.0 Å². The summed E-state index contributed by atoms with van der Waals surface area (Å²) in [7, 11) is 0. The highest BCUT2D eigenvalue weighted by Crippen LogP contribution is 2.33. The number of hydrogen-bond acceptors (Lipinski definition) is 5. The molecule has 1 atom stereocenters. The molecular formula is C17H18F3N3O2S. The minimum atomic E-state index is -4.42. The molecule has 1 aromatic carbocycles. The van der Waals surface area contributed by atoms with Gasteiger partial charge in [-0.3, -0.25) is 4.79 Å².